The Bertz CT molecular complexity index is 353. The van der Waals surface area contributed by atoms with E-state index in [1.165, 1.54) is 38.5 Å². The number of ether oxygens (including phenoxy) is 1. The first kappa shape index (κ1) is 18.7. The molecule has 134 valence electrons. The Kier molecular flexibility index (Phi) is 7.84. The predicted molar refractivity (Wildman–Crippen MR) is 94.4 cm³/mol. The second kappa shape index (κ2) is 9.63. The molecule has 2 aliphatic rings. The number of hydrogen-bond acceptors (Lipinski definition) is 4. The van der Waals surface area contributed by atoms with Gasteiger partial charge in [-0.3, -0.25) is 9.69 Å². The zero-order valence-electron chi connectivity index (χ0n) is 15.4. The molecule has 1 aliphatic carbocycles. The Morgan fingerprint density at radius 2 is 1.96 bits per heavy atom. The molecule has 1 saturated carbocycles. The van der Waals surface area contributed by atoms with Crippen LogP contribution in [0, 0.1) is 17.8 Å². The molecule has 4 nitrogen and oxygen atoms in total. The van der Waals surface area contributed by atoms with E-state index in [9.17, 15) is 4.79 Å². The molecule has 4 heteroatoms. The highest BCUT2D eigenvalue weighted by atomic mass is 16.5. The molecule has 0 aromatic heterocycles. The quantitative estimate of drug-likeness (QED) is 0.731. The molecule has 1 N–H and O–H groups in total. The number of piperidine rings is 1. The van der Waals surface area contributed by atoms with Gasteiger partial charge in [-0.15, -0.1) is 0 Å². The molecule has 0 aromatic rings. The van der Waals surface area contributed by atoms with Crippen LogP contribution in [0.1, 0.15) is 59.3 Å². The zero-order chi connectivity index (χ0) is 16.7. The number of hydrogen-bond donors (Lipinski definition) is 1. The lowest BCUT2D eigenvalue weighted by molar-refractivity contribution is -0.145. The molecule has 1 aliphatic heterocycles. The molecule has 23 heavy (non-hydrogen) atoms. The van der Waals surface area contributed by atoms with Gasteiger partial charge in [0.1, 0.15) is 0 Å². The summed E-state index contributed by atoms with van der Waals surface area (Å²) in [6.07, 6.45) is 8.24. The van der Waals surface area contributed by atoms with Crippen LogP contribution in [0.5, 0.6) is 0 Å². The highest BCUT2D eigenvalue weighted by molar-refractivity contribution is 5.71. The number of carbonyl (C=O) groups excluding carboxylic acids is 1. The molecule has 2 rings (SSSR count). The minimum Gasteiger partial charge on any atom is -0.465 e. The zero-order valence-corrected chi connectivity index (χ0v) is 15.4. The second-order valence-electron chi connectivity index (χ2n) is 7.85. The van der Waals surface area contributed by atoms with Gasteiger partial charge in [-0.2, -0.15) is 0 Å². The highest BCUT2D eigenvalue weighted by Crippen LogP contribution is 2.26. The topological polar surface area (TPSA) is 41.6 Å². The van der Waals surface area contributed by atoms with E-state index in [0.717, 1.165) is 25.6 Å². The number of esters is 1. The fourth-order valence-corrected chi connectivity index (χ4v) is 4.11. The summed E-state index contributed by atoms with van der Waals surface area (Å²) in [5, 5.41) is 3.82. The van der Waals surface area contributed by atoms with Gasteiger partial charge in [0.25, 0.3) is 0 Å². The van der Waals surface area contributed by atoms with Crippen LogP contribution in [0.4, 0.5) is 0 Å². The summed E-state index contributed by atoms with van der Waals surface area (Å²) in [4.78, 5) is 14.1. The molecule has 1 saturated heterocycles. The summed E-state index contributed by atoms with van der Waals surface area (Å²) in [6.45, 7) is 10.6. The van der Waals surface area contributed by atoms with Crippen molar-refractivity contribution in [3.63, 3.8) is 0 Å². The van der Waals surface area contributed by atoms with E-state index >= 15 is 0 Å². The van der Waals surface area contributed by atoms with Crippen LogP contribution < -0.4 is 5.32 Å². The number of nitrogens with zero attached hydrogens (tertiary/aromatic N) is 1. The summed E-state index contributed by atoms with van der Waals surface area (Å²) in [6, 6.07) is 0.521. The molecule has 0 radical (unpaired) electrons. The first-order valence-corrected chi connectivity index (χ1v) is 9.69. The first-order valence-electron chi connectivity index (χ1n) is 9.69. The smallest absolute Gasteiger partial charge is 0.320 e. The molecule has 0 amide bonds. The van der Waals surface area contributed by atoms with Gasteiger partial charge in [0.2, 0.25) is 0 Å². The van der Waals surface area contributed by atoms with E-state index in [4.69, 9.17) is 4.74 Å². The lowest BCUT2D eigenvalue weighted by atomic mass is 9.84. The van der Waals surface area contributed by atoms with Crippen LogP contribution in [0.15, 0.2) is 0 Å². The normalized spacial score (nSPS) is 27.3. The van der Waals surface area contributed by atoms with E-state index < -0.39 is 0 Å². The third-order valence-electron chi connectivity index (χ3n) is 5.58. The van der Waals surface area contributed by atoms with Crippen LogP contribution in [0.25, 0.3) is 0 Å². The van der Waals surface area contributed by atoms with Gasteiger partial charge in [0.15, 0.2) is 0 Å². The maximum Gasteiger partial charge on any atom is 0.320 e. The van der Waals surface area contributed by atoms with E-state index in [1.807, 2.05) is 6.92 Å². The Hall–Kier alpha value is -0.610. The van der Waals surface area contributed by atoms with Crippen molar-refractivity contribution < 1.29 is 9.53 Å². The third-order valence-corrected chi connectivity index (χ3v) is 5.58. The molecule has 1 heterocycles. The molecule has 0 spiro atoms. The third kappa shape index (κ3) is 6.42. The summed E-state index contributed by atoms with van der Waals surface area (Å²) >= 11 is 0. The van der Waals surface area contributed by atoms with Crippen molar-refractivity contribution in [2.75, 3.05) is 32.8 Å². The van der Waals surface area contributed by atoms with E-state index in [1.54, 1.807) is 0 Å². The first-order chi connectivity index (χ1) is 11.1. The van der Waals surface area contributed by atoms with Crippen LogP contribution >= 0.6 is 0 Å². The molecule has 0 bridgehead atoms. The summed E-state index contributed by atoms with van der Waals surface area (Å²) in [5.41, 5.74) is 0. The average Bonchev–Trinajstić information content (AvgIpc) is 2.54. The van der Waals surface area contributed by atoms with Crippen LogP contribution in [-0.4, -0.2) is 49.7 Å². The molecule has 2 unspecified atom stereocenters. The van der Waals surface area contributed by atoms with Crippen molar-refractivity contribution in [1.29, 1.82) is 0 Å². The minimum atomic E-state index is -0.0806. The van der Waals surface area contributed by atoms with Crippen molar-refractivity contribution in [3.05, 3.63) is 0 Å². The lowest BCUT2D eigenvalue weighted by Gasteiger charge is -2.40. The monoisotopic (exact) mass is 324 g/mol. The predicted octanol–water partition coefficient (Wildman–Crippen LogP) is 3.07. The number of nitrogens with one attached hydrogen (secondary N) is 1. The maximum absolute atomic E-state index is 11.8. The average molecular weight is 325 g/mol. The Labute approximate surface area is 142 Å². The van der Waals surface area contributed by atoms with Crippen LogP contribution in [0.3, 0.4) is 0 Å². The fourth-order valence-electron chi connectivity index (χ4n) is 4.11. The van der Waals surface area contributed by atoms with Gasteiger partial charge >= 0.3 is 5.97 Å². The van der Waals surface area contributed by atoms with Crippen molar-refractivity contribution in [2.24, 2.45) is 17.8 Å². The standard InChI is InChI=1S/C19H36N2O2/c1-4-23-19(22)14-21-12-17(15(2)3)10-18(13-21)20-11-16-8-6-5-7-9-16/h15-18,20H,4-14H2,1-3H3. The van der Waals surface area contributed by atoms with E-state index in [0.29, 0.717) is 31.0 Å². The highest BCUT2D eigenvalue weighted by Gasteiger charge is 2.30. The van der Waals surface area contributed by atoms with Crippen molar-refractivity contribution >= 4 is 5.97 Å². The van der Waals surface area contributed by atoms with Crippen LogP contribution in [-0.2, 0) is 9.53 Å². The van der Waals surface area contributed by atoms with Gasteiger partial charge in [-0.1, -0.05) is 33.1 Å². The minimum absolute atomic E-state index is 0.0806. The Morgan fingerprint density at radius 1 is 1.22 bits per heavy atom. The number of carbonyl (C=O) groups is 1. The van der Waals surface area contributed by atoms with Gasteiger partial charge in [0, 0.05) is 19.1 Å². The van der Waals surface area contributed by atoms with Gasteiger partial charge < -0.3 is 10.1 Å². The lowest BCUT2D eigenvalue weighted by Crippen LogP contribution is -2.52. The SMILES string of the molecule is CCOC(=O)CN1CC(NCC2CCCCC2)CC(C(C)C)C1. The number of likely N-dealkylation sites (tertiary alicyclic amines) is 1. The Morgan fingerprint density at radius 3 is 2.61 bits per heavy atom. The molecule has 2 fully saturated rings. The molecular weight excluding hydrogens is 288 g/mol. The van der Waals surface area contributed by atoms with Crippen LogP contribution in [0.2, 0.25) is 0 Å². The molecule has 0 aromatic carbocycles. The number of rotatable bonds is 7. The molecular formula is C19H36N2O2. The maximum atomic E-state index is 11.8. The summed E-state index contributed by atoms with van der Waals surface area (Å²) < 4.78 is 5.13. The van der Waals surface area contributed by atoms with Crippen molar-refractivity contribution in [3.8, 4) is 0 Å². The summed E-state index contributed by atoms with van der Waals surface area (Å²) in [5.74, 6) is 2.12. The van der Waals surface area contributed by atoms with Crippen molar-refractivity contribution in [2.45, 2.75) is 65.3 Å². The van der Waals surface area contributed by atoms with E-state index in [-0.39, 0.29) is 5.97 Å². The largest absolute Gasteiger partial charge is 0.465 e. The second-order valence-corrected chi connectivity index (χ2v) is 7.85. The van der Waals surface area contributed by atoms with Gasteiger partial charge in [-0.05, 0) is 50.5 Å². The molecule has 2 atom stereocenters. The van der Waals surface area contributed by atoms with E-state index in [2.05, 4.69) is 24.1 Å². The van der Waals surface area contributed by atoms with Gasteiger partial charge in [-0.25, -0.2) is 0 Å². The van der Waals surface area contributed by atoms with Crippen molar-refractivity contribution in [1.82, 2.24) is 10.2 Å². The Balaban J connectivity index is 1.83. The van der Waals surface area contributed by atoms with Gasteiger partial charge in [0.05, 0.1) is 13.2 Å². The fraction of sp³-hybridized carbons (Fsp3) is 0.947. The summed E-state index contributed by atoms with van der Waals surface area (Å²) in [7, 11) is 0.